The van der Waals surface area contributed by atoms with E-state index < -0.39 is 17.9 Å². The van der Waals surface area contributed by atoms with E-state index in [2.05, 4.69) is 0 Å². The Morgan fingerprint density at radius 2 is 1.28 bits per heavy atom. The lowest BCUT2D eigenvalue weighted by molar-refractivity contribution is 0.0681. The number of aromatic carboxylic acids is 1. The number of phenols is 1. The molecule has 0 aromatic heterocycles. The third-order valence-corrected chi connectivity index (χ3v) is 7.60. The summed E-state index contributed by atoms with van der Waals surface area (Å²) in [6.07, 6.45) is 5.13. The van der Waals surface area contributed by atoms with Gasteiger partial charge in [0.05, 0.1) is 17.7 Å². The number of carbonyl (C=O) groups excluding carboxylic acids is 2. The second-order valence-electron chi connectivity index (χ2n) is 11.3. The van der Waals surface area contributed by atoms with Crippen molar-refractivity contribution in [2.75, 3.05) is 6.61 Å². The summed E-state index contributed by atoms with van der Waals surface area (Å²) in [6.45, 7) is 6.25. The number of ether oxygens (including phenoxy) is 3. The molecule has 8 nitrogen and oxygen atoms in total. The van der Waals surface area contributed by atoms with Gasteiger partial charge in [-0.25, -0.2) is 14.4 Å². The van der Waals surface area contributed by atoms with Gasteiger partial charge in [0.25, 0.3) is 0 Å². The fourth-order valence-electron chi connectivity index (χ4n) is 5.01. The molecule has 4 aromatic rings. The first-order valence-corrected chi connectivity index (χ1v) is 15.6. The van der Waals surface area contributed by atoms with Crippen LogP contribution in [0.2, 0.25) is 0 Å². The molecule has 0 saturated carbocycles. The van der Waals surface area contributed by atoms with Crippen molar-refractivity contribution in [1.82, 2.24) is 0 Å². The van der Waals surface area contributed by atoms with Crippen LogP contribution in [0.5, 0.6) is 23.0 Å². The topological polar surface area (TPSA) is 119 Å². The molecule has 2 N–H and O–H groups in total. The first-order chi connectivity index (χ1) is 22.2. The van der Waals surface area contributed by atoms with Crippen molar-refractivity contribution in [3.05, 3.63) is 118 Å². The van der Waals surface area contributed by atoms with Gasteiger partial charge < -0.3 is 24.4 Å². The van der Waals surface area contributed by atoms with Crippen molar-refractivity contribution < 1.29 is 38.8 Å². The average molecular weight is 625 g/mol. The molecule has 0 aliphatic heterocycles. The minimum atomic E-state index is -1.18. The molecule has 240 valence electrons. The summed E-state index contributed by atoms with van der Waals surface area (Å²) in [4.78, 5) is 37.4. The molecule has 0 radical (unpaired) electrons. The number of hydrogen-bond donors (Lipinski definition) is 2. The Hall–Kier alpha value is -5.11. The maximum absolute atomic E-state index is 13.1. The van der Waals surface area contributed by atoms with E-state index >= 15 is 0 Å². The van der Waals surface area contributed by atoms with Crippen molar-refractivity contribution in [3.8, 4) is 23.0 Å². The quantitative estimate of drug-likeness (QED) is 0.0770. The van der Waals surface area contributed by atoms with Gasteiger partial charge in [0.1, 0.15) is 17.1 Å². The Kier molecular flexibility index (Phi) is 11.9. The number of unbranched alkanes of at least 4 members (excludes halogenated alkanes) is 3. The zero-order chi connectivity index (χ0) is 33.1. The van der Waals surface area contributed by atoms with Crippen molar-refractivity contribution >= 4 is 17.9 Å². The molecule has 0 unspecified atom stereocenters. The fourth-order valence-corrected chi connectivity index (χ4v) is 5.01. The van der Waals surface area contributed by atoms with E-state index in [-0.39, 0.29) is 22.8 Å². The van der Waals surface area contributed by atoms with Crippen molar-refractivity contribution in [2.24, 2.45) is 0 Å². The Balaban J connectivity index is 1.39. The number of carbonyl (C=O) groups is 3. The third-order valence-electron chi connectivity index (χ3n) is 7.60. The zero-order valence-corrected chi connectivity index (χ0v) is 26.5. The highest BCUT2D eigenvalue weighted by Crippen LogP contribution is 2.35. The van der Waals surface area contributed by atoms with E-state index in [0.717, 1.165) is 48.8 Å². The lowest BCUT2D eigenvalue weighted by atomic mass is 10.0. The number of para-hydroxylation sites is 1. The van der Waals surface area contributed by atoms with Crippen LogP contribution < -0.4 is 14.2 Å². The van der Waals surface area contributed by atoms with Gasteiger partial charge >= 0.3 is 17.9 Å². The molecule has 0 fully saturated rings. The van der Waals surface area contributed by atoms with Crippen LogP contribution in [-0.4, -0.2) is 34.7 Å². The van der Waals surface area contributed by atoms with Gasteiger partial charge in [-0.3, -0.25) is 0 Å². The number of carboxylic acid groups (broad SMARTS) is 1. The van der Waals surface area contributed by atoms with E-state index in [0.29, 0.717) is 41.9 Å². The average Bonchev–Trinajstić information content (AvgIpc) is 3.03. The zero-order valence-electron chi connectivity index (χ0n) is 26.5. The number of hydrogen-bond acceptors (Lipinski definition) is 7. The highest BCUT2D eigenvalue weighted by Gasteiger charge is 2.20. The molecule has 8 heteroatoms. The summed E-state index contributed by atoms with van der Waals surface area (Å²) >= 11 is 0. The largest absolute Gasteiger partial charge is 0.507 e. The predicted molar refractivity (Wildman–Crippen MR) is 175 cm³/mol. The smallest absolute Gasteiger partial charge is 0.343 e. The predicted octanol–water partition coefficient (Wildman–Crippen LogP) is 8.28. The minimum Gasteiger partial charge on any atom is -0.507 e. The number of rotatable bonds is 15. The summed E-state index contributed by atoms with van der Waals surface area (Å²) in [5.41, 5.74) is 3.96. The first-order valence-electron chi connectivity index (χ1n) is 15.6. The molecule has 0 amide bonds. The van der Waals surface area contributed by atoms with Crippen molar-refractivity contribution in [1.29, 1.82) is 0 Å². The van der Waals surface area contributed by atoms with Crippen LogP contribution in [0.3, 0.4) is 0 Å². The number of esters is 2. The molecular weight excluding hydrogens is 584 g/mol. The summed E-state index contributed by atoms with van der Waals surface area (Å²) in [6, 6.07) is 22.4. The van der Waals surface area contributed by atoms with Gasteiger partial charge in [0.15, 0.2) is 11.5 Å². The van der Waals surface area contributed by atoms with Gasteiger partial charge in [0.2, 0.25) is 0 Å². The monoisotopic (exact) mass is 624 g/mol. The third kappa shape index (κ3) is 8.97. The summed E-state index contributed by atoms with van der Waals surface area (Å²) in [7, 11) is 0. The second kappa shape index (κ2) is 16.3. The lowest BCUT2D eigenvalue weighted by Crippen LogP contribution is -2.14. The number of aromatic hydroxyl groups is 1. The Morgan fingerprint density at radius 1 is 0.674 bits per heavy atom. The maximum Gasteiger partial charge on any atom is 0.343 e. The molecule has 46 heavy (non-hydrogen) atoms. The van der Waals surface area contributed by atoms with Crippen molar-refractivity contribution in [2.45, 2.75) is 65.7 Å². The van der Waals surface area contributed by atoms with Gasteiger partial charge in [-0.05, 0) is 87.6 Å². The van der Waals surface area contributed by atoms with Gasteiger partial charge in [-0.1, -0.05) is 73.7 Å². The Morgan fingerprint density at radius 3 is 1.89 bits per heavy atom. The number of benzene rings is 4. The van der Waals surface area contributed by atoms with Crippen molar-refractivity contribution in [3.63, 3.8) is 0 Å². The summed E-state index contributed by atoms with van der Waals surface area (Å²) in [5.74, 6) is -1.59. The van der Waals surface area contributed by atoms with Crippen LogP contribution in [0.25, 0.3) is 0 Å². The molecule has 0 aliphatic carbocycles. The van der Waals surface area contributed by atoms with Gasteiger partial charge in [-0.15, -0.1) is 0 Å². The normalized spacial score (nSPS) is 10.8. The number of carboxylic acids is 1. The van der Waals surface area contributed by atoms with Crippen LogP contribution in [0.4, 0.5) is 0 Å². The number of aryl methyl sites for hydroxylation is 3. The molecule has 0 bridgehead atoms. The summed E-state index contributed by atoms with van der Waals surface area (Å²) in [5, 5.41) is 19.7. The van der Waals surface area contributed by atoms with E-state index in [9.17, 15) is 24.6 Å². The second-order valence-corrected chi connectivity index (χ2v) is 11.3. The van der Waals surface area contributed by atoms with E-state index in [1.807, 2.05) is 51.1 Å². The minimum absolute atomic E-state index is 0.131. The van der Waals surface area contributed by atoms with E-state index in [1.54, 1.807) is 42.5 Å². The van der Waals surface area contributed by atoms with Crippen LogP contribution in [0, 0.1) is 13.8 Å². The van der Waals surface area contributed by atoms with E-state index in [4.69, 9.17) is 14.2 Å². The van der Waals surface area contributed by atoms with Crippen LogP contribution in [0.1, 0.15) is 92.4 Å². The Bertz CT molecular complexity index is 1660. The molecule has 0 atom stereocenters. The highest BCUT2D eigenvalue weighted by molar-refractivity contribution is 5.93. The molecule has 4 rings (SSSR count). The lowest BCUT2D eigenvalue weighted by Gasteiger charge is -2.15. The molecule has 0 saturated heterocycles. The first kappa shape index (κ1) is 33.8. The highest BCUT2D eigenvalue weighted by atomic mass is 16.6. The standard InChI is InChI=1S/C38H40O8/c1-4-10-30-32(23-22-31(34(30)39)36(40)41)44-24-8-6-5-7-11-27-12-9-13-33(45-37(42)28-18-14-25(2)15-19-28)35(27)46-38(43)29-20-16-26(3)17-21-29/h9,12-23,39H,4-8,10-11,24H2,1-3H3,(H,40,41). The Labute approximate surface area is 269 Å². The molecule has 0 heterocycles. The van der Waals surface area contributed by atoms with E-state index in [1.165, 1.54) is 6.07 Å². The molecular formula is C38H40O8. The molecule has 4 aromatic carbocycles. The fraction of sp³-hybridized carbons (Fsp3) is 0.289. The van der Waals surface area contributed by atoms with Gasteiger partial charge in [0, 0.05) is 5.56 Å². The molecule has 0 aliphatic rings. The van der Waals surface area contributed by atoms with Crippen LogP contribution >= 0.6 is 0 Å². The molecule has 0 spiro atoms. The summed E-state index contributed by atoms with van der Waals surface area (Å²) < 4.78 is 17.5. The van der Waals surface area contributed by atoms with Crippen LogP contribution in [-0.2, 0) is 12.8 Å². The van der Waals surface area contributed by atoms with Gasteiger partial charge in [-0.2, -0.15) is 0 Å². The maximum atomic E-state index is 13.1. The SMILES string of the molecule is CCCc1c(OCCCCCCc2cccc(OC(=O)c3ccc(C)cc3)c2OC(=O)c2ccc(C)cc2)ccc(C(=O)O)c1O. The van der Waals surface area contributed by atoms with Crippen LogP contribution in [0.15, 0.2) is 78.9 Å².